The standard InChI is InChI=1S/C13H19NO3/c1-9(2)17-13(8-14)10-3-4-11-12(7-10)16-6-5-15-11/h3-4,7,9,13H,5-6,8,14H2,1-2H3. The molecule has 1 aromatic carbocycles. The van der Waals surface area contributed by atoms with Gasteiger partial charge in [-0.2, -0.15) is 0 Å². The fraction of sp³-hybridized carbons (Fsp3) is 0.538. The van der Waals surface area contributed by atoms with Crippen LogP contribution in [-0.4, -0.2) is 25.9 Å². The number of fused-ring (bicyclic) bond motifs is 1. The van der Waals surface area contributed by atoms with Crippen LogP contribution in [0, 0.1) is 0 Å². The summed E-state index contributed by atoms with van der Waals surface area (Å²) in [5.41, 5.74) is 6.76. The highest BCUT2D eigenvalue weighted by Gasteiger charge is 2.17. The summed E-state index contributed by atoms with van der Waals surface area (Å²) in [5.74, 6) is 1.57. The second-order valence-corrected chi connectivity index (χ2v) is 4.31. The summed E-state index contributed by atoms with van der Waals surface area (Å²) >= 11 is 0. The minimum Gasteiger partial charge on any atom is -0.486 e. The minimum atomic E-state index is -0.0918. The molecule has 1 aliphatic heterocycles. The van der Waals surface area contributed by atoms with E-state index in [1.54, 1.807) is 0 Å². The molecule has 0 fully saturated rings. The van der Waals surface area contributed by atoms with Crippen LogP contribution in [0.2, 0.25) is 0 Å². The lowest BCUT2D eigenvalue weighted by Gasteiger charge is -2.23. The summed E-state index contributed by atoms with van der Waals surface area (Å²) in [7, 11) is 0. The molecule has 0 aliphatic carbocycles. The molecule has 2 N–H and O–H groups in total. The maximum Gasteiger partial charge on any atom is 0.161 e. The third kappa shape index (κ3) is 2.90. The first-order valence-electron chi connectivity index (χ1n) is 5.95. The smallest absolute Gasteiger partial charge is 0.161 e. The Kier molecular flexibility index (Phi) is 3.86. The molecule has 1 aliphatic rings. The lowest BCUT2D eigenvalue weighted by molar-refractivity contribution is 0.0117. The average molecular weight is 237 g/mol. The molecule has 1 unspecified atom stereocenters. The van der Waals surface area contributed by atoms with Gasteiger partial charge in [0, 0.05) is 6.54 Å². The van der Waals surface area contributed by atoms with Gasteiger partial charge in [-0.05, 0) is 31.5 Å². The molecule has 0 bridgehead atoms. The lowest BCUT2D eigenvalue weighted by atomic mass is 10.1. The molecule has 1 atom stereocenters. The van der Waals surface area contributed by atoms with E-state index < -0.39 is 0 Å². The average Bonchev–Trinajstić information content (AvgIpc) is 2.35. The molecule has 0 aromatic heterocycles. The molecule has 2 rings (SSSR count). The summed E-state index contributed by atoms with van der Waals surface area (Å²) in [6.45, 7) is 5.66. The molecular formula is C13H19NO3. The van der Waals surface area contributed by atoms with Crippen molar-refractivity contribution in [2.24, 2.45) is 5.73 Å². The van der Waals surface area contributed by atoms with Crippen LogP contribution in [0.5, 0.6) is 11.5 Å². The van der Waals surface area contributed by atoms with Crippen LogP contribution in [0.4, 0.5) is 0 Å². The molecular weight excluding hydrogens is 218 g/mol. The van der Waals surface area contributed by atoms with Gasteiger partial charge in [0.2, 0.25) is 0 Å². The van der Waals surface area contributed by atoms with Gasteiger partial charge >= 0.3 is 0 Å². The normalized spacial score (nSPS) is 16.0. The van der Waals surface area contributed by atoms with Crippen molar-refractivity contribution in [2.45, 2.75) is 26.1 Å². The molecule has 4 heteroatoms. The van der Waals surface area contributed by atoms with E-state index >= 15 is 0 Å². The predicted molar refractivity (Wildman–Crippen MR) is 65.4 cm³/mol. The van der Waals surface area contributed by atoms with Gasteiger partial charge in [0.25, 0.3) is 0 Å². The van der Waals surface area contributed by atoms with Crippen LogP contribution in [0.1, 0.15) is 25.5 Å². The van der Waals surface area contributed by atoms with E-state index in [-0.39, 0.29) is 12.2 Å². The Hall–Kier alpha value is -1.26. The Morgan fingerprint density at radius 1 is 1.24 bits per heavy atom. The molecule has 17 heavy (non-hydrogen) atoms. The second kappa shape index (κ2) is 5.38. The summed E-state index contributed by atoms with van der Waals surface area (Å²) in [5, 5.41) is 0. The first kappa shape index (κ1) is 12.2. The number of rotatable bonds is 4. The van der Waals surface area contributed by atoms with Gasteiger partial charge in [-0.25, -0.2) is 0 Å². The van der Waals surface area contributed by atoms with Crippen LogP contribution in [-0.2, 0) is 4.74 Å². The van der Waals surface area contributed by atoms with Gasteiger partial charge in [0.05, 0.1) is 12.2 Å². The monoisotopic (exact) mass is 237 g/mol. The topological polar surface area (TPSA) is 53.7 Å². The predicted octanol–water partition coefficient (Wildman–Crippen LogP) is 1.88. The number of ether oxygens (including phenoxy) is 3. The zero-order chi connectivity index (χ0) is 12.3. The third-order valence-corrected chi connectivity index (χ3v) is 2.59. The van der Waals surface area contributed by atoms with Crippen molar-refractivity contribution in [1.82, 2.24) is 0 Å². The molecule has 1 heterocycles. The van der Waals surface area contributed by atoms with Crippen molar-refractivity contribution in [3.05, 3.63) is 23.8 Å². The van der Waals surface area contributed by atoms with Crippen LogP contribution in [0.15, 0.2) is 18.2 Å². The van der Waals surface area contributed by atoms with E-state index in [0.717, 1.165) is 17.1 Å². The third-order valence-electron chi connectivity index (χ3n) is 2.59. The van der Waals surface area contributed by atoms with Crippen molar-refractivity contribution in [3.63, 3.8) is 0 Å². The molecule has 0 amide bonds. The summed E-state index contributed by atoms with van der Waals surface area (Å²) < 4.78 is 16.8. The van der Waals surface area contributed by atoms with Gasteiger partial charge in [0.15, 0.2) is 11.5 Å². The Bertz CT molecular complexity index is 379. The first-order chi connectivity index (χ1) is 8.20. The minimum absolute atomic E-state index is 0.0918. The van der Waals surface area contributed by atoms with E-state index in [2.05, 4.69) is 0 Å². The zero-order valence-electron chi connectivity index (χ0n) is 10.3. The fourth-order valence-electron chi connectivity index (χ4n) is 1.86. The largest absolute Gasteiger partial charge is 0.486 e. The van der Waals surface area contributed by atoms with E-state index in [0.29, 0.717) is 19.8 Å². The molecule has 4 nitrogen and oxygen atoms in total. The van der Waals surface area contributed by atoms with Crippen molar-refractivity contribution in [1.29, 1.82) is 0 Å². The van der Waals surface area contributed by atoms with Crippen LogP contribution in [0.25, 0.3) is 0 Å². The molecule has 94 valence electrons. The quantitative estimate of drug-likeness (QED) is 0.868. The van der Waals surface area contributed by atoms with Crippen LogP contribution in [0.3, 0.4) is 0 Å². The number of benzene rings is 1. The highest BCUT2D eigenvalue weighted by Crippen LogP contribution is 2.33. The summed E-state index contributed by atoms with van der Waals surface area (Å²) in [4.78, 5) is 0. The van der Waals surface area contributed by atoms with Crippen molar-refractivity contribution < 1.29 is 14.2 Å². The van der Waals surface area contributed by atoms with Crippen molar-refractivity contribution in [2.75, 3.05) is 19.8 Å². The number of nitrogens with two attached hydrogens (primary N) is 1. The number of hydrogen-bond donors (Lipinski definition) is 1. The fourth-order valence-corrected chi connectivity index (χ4v) is 1.86. The van der Waals surface area contributed by atoms with Crippen molar-refractivity contribution >= 4 is 0 Å². The SMILES string of the molecule is CC(C)OC(CN)c1ccc2c(c1)OCCO2. The van der Waals surface area contributed by atoms with Gasteiger partial charge in [0.1, 0.15) is 13.2 Å². The maximum atomic E-state index is 5.76. The summed E-state index contributed by atoms with van der Waals surface area (Å²) in [6, 6.07) is 5.85. The molecule has 0 saturated heterocycles. The van der Waals surface area contributed by atoms with Crippen molar-refractivity contribution in [3.8, 4) is 11.5 Å². The van der Waals surface area contributed by atoms with Gasteiger partial charge in [-0.1, -0.05) is 6.07 Å². The first-order valence-corrected chi connectivity index (χ1v) is 5.95. The van der Waals surface area contributed by atoms with E-state index in [4.69, 9.17) is 19.9 Å². The number of hydrogen-bond acceptors (Lipinski definition) is 4. The molecule has 0 saturated carbocycles. The second-order valence-electron chi connectivity index (χ2n) is 4.31. The van der Waals surface area contributed by atoms with E-state index in [1.165, 1.54) is 0 Å². The van der Waals surface area contributed by atoms with Crippen LogP contribution >= 0.6 is 0 Å². The van der Waals surface area contributed by atoms with E-state index in [1.807, 2.05) is 32.0 Å². The lowest BCUT2D eigenvalue weighted by Crippen LogP contribution is -2.20. The Morgan fingerprint density at radius 3 is 2.59 bits per heavy atom. The zero-order valence-corrected chi connectivity index (χ0v) is 10.3. The van der Waals surface area contributed by atoms with Gasteiger partial charge in [-0.3, -0.25) is 0 Å². The van der Waals surface area contributed by atoms with E-state index in [9.17, 15) is 0 Å². The van der Waals surface area contributed by atoms with Crippen LogP contribution < -0.4 is 15.2 Å². The maximum absolute atomic E-state index is 5.76. The molecule has 0 spiro atoms. The molecule has 0 radical (unpaired) electrons. The Labute approximate surface area is 102 Å². The Balaban J connectivity index is 2.19. The highest BCUT2D eigenvalue weighted by molar-refractivity contribution is 5.44. The summed E-state index contributed by atoms with van der Waals surface area (Å²) in [6.07, 6.45) is 0.0579. The molecule has 1 aromatic rings. The van der Waals surface area contributed by atoms with Gasteiger partial charge < -0.3 is 19.9 Å². The Morgan fingerprint density at radius 2 is 1.94 bits per heavy atom. The van der Waals surface area contributed by atoms with Gasteiger partial charge in [-0.15, -0.1) is 0 Å². The highest BCUT2D eigenvalue weighted by atomic mass is 16.6.